The van der Waals surface area contributed by atoms with Crippen LogP contribution in [0.1, 0.15) is 44.1 Å². The Kier molecular flexibility index (Phi) is 6.31. The molecular formula is C21H30BrNO4. The van der Waals surface area contributed by atoms with E-state index in [1.165, 1.54) is 19.4 Å². The van der Waals surface area contributed by atoms with Crippen LogP contribution >= 0.6 is 0 Å². The Morgan fingerprint density at radius 1 is 1.26 bits per heavy atom. The van der Waals surface area contributed by atoms with Crippen LogP contribution in [0.25, 0.3) is 0 Å². The number of aliphatic hydroxyl groups is 1. The maximum Gasteiger partial charge on any atom is 0.316 e. The molecule has 3 aliphatic rings. The Balaban J connectivity index is 0.00000210. The van der Waals surface area contributed by atoms with Gasteiger partial charge < -0.3 is 36.0 Å². The number of carbonyl (C=O) groups excluding carboxylic acids is 1. The normalized spacial score (nSPS) is 37.1. The third-order valence-corrected chi connectivity index (χ3v) is 6.79. The van der Waals surface area contributed by atoms with Crippen molar-refractivity contribution >= 4 is 5.97 Å². The molecule has 5 unspecified atom stereocenters. The van der Waals surface area contributed by atoms with Crippen molar-refractivity contribution in [3.63, 3.8) is 0 Å². The second kappa shape index (κ2) is 8.19. The molecule has 0 spiro atoms. The number of halogens is 1. The average Bonchev–Trinajstić information content (AvgIpc) is 3.40. The van der Waals surface area contributed by atoms with Crippen molar-refractivity contribution in [2.24, 2.45) is 0 Å². The quantitative estimate of drug-likeness (QED) is 0.344. The molecule has 5 atom stereocenters. The summed E-state index contributed by atoms with van der Waals surface area (Å²) in [4.78, 5) is 12.7. The molecule has 3 saturated heterocycles. The zero-order valence-corrected chi connectivity index (χ0v) is 17.7. The molecule has 0 aliphatic carbocycles. The van der Waals surface area contributed by atoms with E-state index in [1.807, 2.05) is 30.3 Å². The molecule has 1 aromatic rings. The van der Waals surface area contributed by atoms with Crippen molar-refractivity contribution in [1.29, 1.82) is 0 Å². The molecule has 4 rings (SSSR count). The van der Waals surface area contributed by atoms with Crippen LogP contribution in [-0.4, -0.2) is 66.2 Å². The lowest BCUT2D eigenvalue weighted by Crippen LogP contribution is -3.00. The molecule has 3 aliphatic heterocycles. The molecule has 150 valence electrons. The maximum atomic E-state index is 12.7. The molecule has 3 fully saturated rings. The lowest BCUT2D eigenvalue weighted by molar-refractivity contribution is -0.956. The van der Waals surface area contributed by atoms with Crippen LogP contribution < -0.4 is 17.0 Å². The van der Waals surface area contributed by atoms with Gasteiger partial charge in [0, 0.05) is 12.8 Å². The minimum Gasteiger partial charge on any atom is -1.00 e. The summed E-state index contributed by atoms with van der Waals surface area (Å²) in [6, 6.07) is 10.3. The zero-order valence-electron chi connectivity index (χ0n) is 16.1. The monoisotopic (exact) mass is 439 g/mol. The van der Waals surface area contributed by atoms with Crippen LogP contribution in [0.5, 0.6) is 0 Å². The summed E-state index contributed by atoms with van der Waals surface area (Å²) < 4.78 is 12.9. The number of fused-ring (bicyclic) bond motifs is 5. The minimum atomic E-state index is -0.595. The van der Waals surface area contributed by atoms with Crippen LogP contribution in [0.2, 0.25) is 0 Å². The molecular weight excluding hydrogens is 410 g/mol. The van der Waals surface area contributed by atoms with Crippen molar-refractivity contribution in [3.05, 3.63) is 35.9 Å². The number of aliphatic hydroxyl groups excluding tert-OH is 1. The SMILES string of the molecule is CCCC[N+]1(C)C2CC(OC(=O)C(CO)c3ccccc3)CC1C1OC12.[Br-]. The number of epoxide rings is 1. The van der Waals surface area contributed by atoms with Gasteiger partial charge in [-0.05, 0) is 12.0 Å². The summed E-state index contributed by atoms with van der Waals surface area (Å²) in [5.74, 6) is -0.898. The van der Waals surface area contributed by atoms with Crippen molar-refractivity contribution in [3.8, 4) is 0 Å². The number of quaternary nitrogens is 1. The zero-order chi connectivity index (χ0) is 18.3. The third kappa shape index (κ3) is 3.69. The summed E-state index contributed by atoms with van der Waals surface area (Å²) in [6.07, 6.45) is 4.83. The topological polar surface area (TPSA) is 59.1 Å². The van der Waals surface area contributed by atoms with Gasteiger partial charge in [0.25, 0.3) is 0 Å². The summed E-state index contributed by atoms with van der Waals surface area (Å²) in [5, 5.41) is 9.70. The van der Waals surface area contributed by atoms with Gasteiger partial charge >= 0.3 is 5.97 Å². The highest BCUT2D eigenvalue weighted by Gasteiger charge is 2.71. The van der Waals surface area contributed by atoms with Crippen LogP contribution in [0.4, 0.5) is 0 Å². The van der Waals surface area contributed by atoms with Crippen molar-refractivity contribution in [2.45, 2.75) is 68.9 Å². The molecule has 6 heteroatoms. The van der Waals surface area contributed by atoms with Crippen molar-refractivity contribution in [2.75, 3.05) is 20.2 Å². The Bertz CT molecular complexity index is 637. The lowest BCUT2D eigenvalue weighted by Gasteiger charge is -2.48. The number of unbranched alkanes of at least 4 members (excludes halogenated alkanes) is 1. The van der Waals surface area contributed by atoms with E-state index >= 15 is 0 Å². The number of nitrogens with zero attached hydrogens (tertiary/aromatic N) is 1. The number of benzene rings is 1. The molecule has 0 radical (unpaired) electrons. The highest BCUT2D eigenvalue weighted by Crippen LogP contribution is 2.52. The smallest absolute Gasteiger partial charge is 0.316 e. The standard InChI is InChI=1S/C21H30NO4.BrH/c1-3-4-10-22(2)17-11-15(12-18(22)20-19(17)26-20)25-21(24)16(13-23)14-8-6-5-7-9-14;/h5-9,15-20,23H,3-4,10-13H2,1-2H3;1H/q+1;/p-1. The first-order chi connectivity index (χ1) is 12.6. The lowest BCUT2D eigenvalue weighted by atomic mass is 9.94. The highest BCUT2D eigenvalue weighted by atomic mass is 79.9. The second-order valence-electron chi connectivity index (χ2n) is 8.30. The Hall–Kier alpha value is -0.950. The molecule has 0 aromatic heterocycles. The number of hydrogen-bond donors (Lipinski definition) is 1. The van der Waals surface area contributed by atoms with Gasteiger partial charge in [0.2, 0.25) is 0 Å². The minimum absolute atomic E-state index is 0. The van der Waals surface area contributed by atoms with Gasteiger partial charge in [-0.15, -0.1) is 0 Å². The number of esters is 1. The molecule has 3 heterocycles. The van der Waals surface area contributed by atoms with E-state index in [2.05, 4.69) is 14.0 Å². The van der Waals surface area contributed by atoms with Crippen LogP contribution in [0.3, 0.4) is 0 Å². The largest absolute Gasteiger partial charge is 1.00 e. The third-order valence-electron chi connectivity index (χ3n) is 6.79. The number of likely N-dealkylation sites (N-methyl/N-ethyl adjacent to an activating group) is 1. The first-order valence-corrected chi connectivity index (χ1v) is 9.95. The second-order valence-corrected chi connectivity index (χ2v) is 8.30. The van der Waals surface area contributed by atoms with Gasteiger partial charge in [-0.1, -0.05) is 43.7 Å². The number of ether oxygens (including phenoxy) is 2. The van der Waals surface area contributed by atoms with E-state index in [0.717, 1.165) is 22.9 Å². The fraction of sp³-hybridized carbons (Fsp3) is 0.667. The molecule has 5 nitrogen and oxygen atoms in total. The van der Waals surface area contributed by atoms with Gasteiger partial charge in [0.05, 0.1) is 20.2 Å². The predicted octanol–water partition coefficient (Wildman–Crippen LogP) is -0.763. The van der Waals surface area contributed by atoms with Crippen LogP contribution in [0.15, 0.2) is 30.3 Å². The van der Waals surface area contributed by atoms with Gasteiger partial charge in [0.15, 0.2) is 0 Å². The van der Waals surface area contributed by atoms with E-state index in [4.69, 9.17) is 9.47 Å². The van der Waals surface area contributed by atoms with Crippen molar-refractivity contribution < 1.29 is 40.8 Å². The van der Waals surface area contributed by atoms with E-state index in [-0.39, 0.29) is 35.7 Å². The highest BCUT2D eigenvalue weighted by molar-refractivity contribution is 5.78. The first-order valence-electron chi connectivity index (χ1n) is 9.95. The molecule has 1 aromatic carbocycles. The van der Waals surface area contributed by atoms with Crippen LogP contribution in [-0.2, 0) is 14.3 Å². The summed E-state index contributed by atoms with van der Waals surface area (Å²) >= 11 is 0. The Morgan fingerprint density at radius 2 is 1.89 bits per heavy atom. The van der Waals surface area contributed by atoms with Crippen LogP contribution in [0, 0.1) is 0 Å². The Morgan fingerprint density at radius 3 is 2.44 bits per heavy atom. The van der Waals surface area contributed by atoms with Gasteiger partial charge in [-0.3, -0.25) is 4.79 Å². The maximum absolute atomic E-state index is 12.7. The summed E-state index contributed by atoms with van der Waals surface area (Å²) in [7, 11) is 2.36. The number of carbonyl (C=O) groups is 1. The Labute approximate surface area is 172 Å². The predicted molar refractivity (Wildman–Crippen MR) is 97.6 cm³/mol. The molecule has 1 N–H and O–H groups in total. The molecule has 0 amide bonds. The van der Waals surface area contributed by atoms with Gasteiger partial charge in [-0.2, -0.15) is 0 Å². The van der Waals surface area contributed by atoms with E-state index in [0.29, 0.717) is 24.3 Å². The summed E-state index contributed by atoms with van der Waals surface area (Å²) in [5.41, 5.74) is 0.813. The van der Waals surface area contributed by atoms with E-state index in [1.54, 1.807) is 0 Å². The fourth-order valence-electron chi connectivity index (χ4n) is 5.23. The molecule has 0 saturated carbocycles. The van der Waals surface area contributed by atoms with Gasteiger partial charge in [-0.25, -0.2) is 0 Å². The molecule has 2 bridgehead atoms. The summed E-state index contributed by atoms with van der Waals surface area (Å²) in [6.45, 7) is 3.20. The number of hydrogen-bond acceptors (Lipinski definition) is 4. The number of morpholine rings is 1. The van der Waals surface area contributed by atoms with Gasteiger partial charge in [0.1, 0.15) is 36.3 Å². The average molecular weight is 440 g/mol. The number of rotatable bonds is 7. The fourth-order valence-corrected chi connectivity index (χ4v) is 5.23. The van der Waals surface area contributed by atoms with Crippen molar-refractivity contribution in [1.82, 2.24) is 0 Å². The number of piperidine rings is 1. The molecule has 27 heavy (non-hydrogen) atoms. The van der Waals surface area contributed by atoms with E-state index in [9.17, 15) is 9.90 Å². The van der Waals surface area contributed by atoms with E-state index < -0.39 is 5.92 Å². The first kappa shape index (κ1) is 20.8.